The molecule has 0 spiro atoms. The number of nitrogens with one attached hydrogen (secondary N) is 2. The lowest BCUT2D eigenvalue weighted by Crippen LogP contribution is -2.30. The van der Waals surface area contributed by atoms with E-state index in [1.807, 2.05) is 64.2 Å². The Hall–Kier alpha value is -4.70. The summed E-state index contributed by atoms with van der Waals surface area (Å²) in [5, 5.41) is 16.3. The number of carboxylic acids is 1. The van der Waals surface area contributed by atoms with E-state index in [-0.39, 0.29) is 23.6 Å². The SMILES string of the molecule is COc1ccc(N2C(=S)N[C@@H](c3ccccn3)[C@@H]2c2cccn2-c2cccc(C(=O)O)c2)cc1NC(C)=O. The molecule has 1 aliphatic heterocycles. The number of aromatic nitrogens is 2. The lowest BCUT2D eigenvalue weighted by Gasteiger charge is -2.29. The molecule has 1 fully saturated rings. The Bertz CT molecular complexity index is 1520. The minimum absolute atomic E-state index is 0.190. The van der Waals surface area contributed by atoms with Crippen molar-refractivity contribution in [2.75, 3.05) is 17.3 Å². The van der Waals surface area contributed by atoms with Crippen LogP contribution in [0.2, 0.25) is 0 Å². The van der Waals surface area contributed by atoms with Crippen LogP contribution in [0.1, 0.15) is 40.8 Å². The number of hydrogen-bond donors (Lipinski definition) is 3. The zero-order chi connectivity index (χ0) is 26.8. The van der Waals surface area contributed by atoms with Crippen LogP contribution in [-0.4, -0.2) is 38.8 Å². The van der Waals surface area contributed by atoms with E-state index in [1.54, 1.807) is 37.6 Å². The number of ether oxygens (including phenoxy) is 1. The smallest absolute Gasteiger partial charge is 0.335 e. The van der Waals surface area contributed by atoms with Crippen LogP contribution in [0, 0.1) is 0 Å². The Morgan fingerprint density at radius 1 is 1.05 bits per heavy atom. The Balaban J connectivity index is 1.67. The maximum absolute atomic E-state index is 11.9. The summed E-state index contributed by atoms with van der Waals surface area (Å²) in [7, 11) is 1.54. The zero-order valence-corrected chi connectivity index (χ0v) is 21.5. The van der Waals surface area contributed by atoms with Gasteiger partial charge in [0.05, 0.1) is 30.1 Å². The normalized spacial score (nSPS) is 16.7. The predicted molar refractivity (Wildman–Crippen MR) is 148 cm³/mol. The van der Waals surface area contributed by atoms with Gasteiger partial charge in [-0.3, -0.25) is 9.78 Å². The van der Waals surface area contributed by atoms with Gasteiger partial charge in [-0.2, -0.15) is 0 Å². The number of nitrogens with zero attached hydrogens (tertiary/aromatic N) is 3. The number of carboxylic acid groups (broad SMARTS) is 1. The first kappa shape index (κ1) is 25.0. The molecule has 2 aromatic heterocycles. The topological polar surface area (TPSA) is 109 Å². The molecule has 5 rings (SSSR count). The molecular weight excluding hydrogens is 502 g/mol. The maximum atomic E-state index is 11.9. The van der Waals surface area contributed by atoms with Gasteiger partial charge in [0.1, 0.15) is 11.8 Å². The molecule has 192 valence electrons. The van der Waals surface area contributed by atoms with Crippen molar-refractivity contribution >= 4 is 40.6 Å². The highest BCUT2D eigenvalue weighted by atomic mass is 32.1. The zero-order valence-electron chi connectivity index (χ0n) is 20.7. The monoisotopic (exact) mass is 527 g/mol. The van der Waals surface area contributed by atoms with E-state index < -0.39 is 5.97 Å². The molecule has 2 aromatic carbocycles. The van der Waals surface area contributed by atoms with Gasteiger partial charge >= 0.3 is 5.97 Å². The first-order valence-electron chi connectivity index (χ1n) is 11.8. The standard InChI is InChI=1S/C28H25N5O4S/c1-17(34)30-22-16-20(11-12-24(22)37-2)33-26(25(31-28(33)38)21-9-3-4-13-29-21)23-10-6-14-32(23)19-8-5-7-18(15-19)27(35)36/h3-16,25-26H,1-2H3,(H,30,34)(H,31,38)(H,35,36)/t25-,26-/m0/s1. The van der Waals surface area contributed by atoms with Crippen LogP contribution in [0.15, 0.2) is 85.2 Å². The molecule has 3 heterocycles. The van der Waals surface area contributed by atoms with Gasteiger partial charge in [-0.15, -0.1) is 0 Å². The molecule has 0 unspecified atom stereocenters. The van der Waals surface area contributed by atoms with Crippen molar-refractivity contribution in [1.29, 1.82) is 0 Å². The molecule has 4 aromatic rings. The van der Waals surface area contributed by atoms with Crippen molar-refractivity contribution in [1.82, 2.24) is 14.9 Å². The van der Waals surface area contributed by atoms with Crippen LogP contribution < -0.4 is 20.3 Å². The second-order valence-electron chi connectivity index (χ2n) is 8.72. The quantitative estimate of drug-likeness (QED) is 0.297. The summed E-state index contributed by atoms with van der Waals surface area (Å²) in [4.78, 5) is 30.1. The first-order valence-corrected chi connectivity index (χ1v) is 12.3. The van der Waals surface area contributed by atoms with Crippen LogP contribution in [0.3, 0.4) is 0 Å². The number of anilines is 2. The first-order chi connectivity index (χ1) is 18.4. The number of benzene rings is 2. The van der Waals surface area contributed by atoms with Crippen LogP contribution in [0.5, 0.6) is 5.75 Å². The lowest BCUT2D eigenvalue weighted by atomic mass is 10.0. The van der Waals surface area contributed by atoms with Crippen molar-refractivity contribution in [2.24, 2.45) is 0 Å². The summed E-state index contributed by atoms with van der Waals surface area (Å²) in [6.07, 6.45) is 3.62. The van der Waals surface area contributed by atoms with E-state index in [9.17, 15) is 14.7 Å². The third-order valence-electron chi connectivity index (χ3n) is 6.32. The molecule has 0 saturated carbocycles. The molecule has 0 bridgehead atoms. The number of pyridine rings is 1. The van der Waals surface area contributed by atoms with Gasteiger partial charge in [0.15, 0.2) is 5.11 Å². The molecular formula is C28H25N5O4S. The van der Waals surface area contributed by atoms with Crippen LogP contribution in [0.4, 0.5) is 11.4 Å². The van der Waals surface area contributed by atoms with Crippen molar-refractivity contribution in [3.63, 3.8) is 0 Å². The summed E-state index contributed by atoms with van der Waals surface area (Å²) in [6, 6.07) is 21.2. The van der Waals surface area contributed by atoms with Crippen molar-refractivity contribution in [3.8, 4) is 11.4 Å². The van der Waals surface area contributed by atoms with E-state index in [4.69, 9.17) is 17.0 Å². The highest BCUT2D eigenvalue weighted by Crippen LogP contribution is 2.43. The average molecular weight is 528 g/mol. The molecule has 1 saturated heterocycles. The molecule has 38 heavy (non-hydrogen) atoms. The molecule has 0 radical (unpaired) electrons. The number of rotatable bonds is 7. The van der Waals surface area contributed by atoms with Gasteiger partial charge in [-0.05, 0) is 72.9 Å². The average Bonchev–Trinajstić information content (AvgIpc) is 3.53. The Labute approximate surface area is 224 Å². The maximum Gasteiger partial charge on any atom is 0.335 e. The largest absolute Gasteiger partial charge is 0.495 e. The van der Waals surface area contributed by atoms with Gasteiger partial charge in [-0.1, -0.05) is 12.1 Å². The van der Waals surface area contributed by atoms with E-state index in [2.05, 4.69) is 15.6 Å². The second-order valence-corrected chi connectivity index (χ2v) is 9.11. The van der Waals surface area contributed by atoms with Crippen molar-refractivity contribution < 1.29 is 19.4 Å². The second kappa shape index (κ2) is 10.3. The summed E-state index contributed by atoms with van der Waals surface area (Å²) in [5.41, 5.74) is 3.82. The molecule has 9 nitrogen and oxygen atoms in total. The number of carbonyl (C=O) groups excluding carboxylic acids is 1. The highest BCUT2D eigenvalue weighted by molar-refractivity contribution is 7.80. The number of aromatic carboxylic acids is 1. The fraction of sp³-hybridized carbons (Fsp3) is 0.143. The summed E-state index contributed by atoms with van der Waals surface area (Å²) < 4.78 is 7.40. The van der Waals surface area contributed by atoms with Crippen LogP contribution >= 0.6 is 12.2 Å². The van der Waals surface area contributed by atoms with Gasteiger partial charge in [-0.25, -0.2) is 4.79 Å². The lowest BCUT2D eigenvalue weighted by molar-refractivity contribution is -0.114. The van der Waals surface area contributed by atoms with Gasteiger partial charge in [0, 0.05) is 36.4 Å². The number of carbonyl (C=O) groups is 2. The number of thiocarbonyl (C=S) groups is 1. The fourth-order valence-corrected chi connectivity index (χ4v) is 5.07. The van der Waals surface area contributed by atoms with Crippen LogP contribution in [-0.2, 0) is 4.79 Å². The molecule has 0 aliphatic carbocycles. The predicted octanol–water partition coefficient (Wildman–Crippen LogP) is 4.71. The van der Waals surface area contributed by atoms with Gasteiger partial charge in [0.25, 0.3) is 0 Å². The third kappa shape index (κ3) is 4.69. The number of amides is 1. The van der Waals surface area contributed by atoms with Gasteiger partial charge in [0.2, 0.25) is 5.91 Å². The molecule has 3 N–H and O–H groups in total. The Morgan fingerprint density at radius 2 is 1.89 bits per heavy atom. The Kier molecular flexibility index (Phi) is 6.80. The molecule has 10 heteroatoms. The summed E-state index contributed by atoms with van der Waals surface area (Å²) in [6.45, 7) is 1.44. The third-order valence-corrected chi connectivity index (χ3v) is 6.64. The highest BCUT2D eigenvalue weighted by Gasteiger charge is 2.42. The fourth-order valence-electron chi connectivity index (χ4n) is 4.73. The molecule has 1 aliphatic rings. The van der Waals surface area contributed by atoms with Crippen molar-refractivity contribution in [3.05, 3.63) is 102 Å². The number of methoxy groups -OCH3 is 1. The van der Waals surface area contributed by atoms with Gasteiger partial charge < -0.3 is 29.9 Å². The van der Waals surface area contributed by atoms with E-state index in [0.29, 0.717) is 22.2 Å². The molecule has 2 atom stereocenters. The molecule has 1 amide bonds. The minimum atomic E-state index is -0.999. The summed E-state index contributed by atoms with van der Waals surface area (Å²) in [5.74, 6) is -0.702. The Morgan fingerprint density at radius 3 is 2.61 bits per heavy atom. The minimum Gasteiger partial charge on any atom is -0.495 e. The number of hydrogen-bond acceptors (Lipinski definition) is 5. The van der Waals surface area contributed by atoms with E-state index >= 15 is 0 Å². The van der Waals surface area contributed by atoms with Crippen LogP contribution in [0.25, 0.3) is 5.69 Å². The van der Waals surface area contributed by atoms with E-state index in [0.717, 1.165) is 17.1 Å². The van der Waals surface area contributed by atoms with Crippen molar-refractivity contribution in [2.45, 2.75) is 19.0 Å². The summed E-state index contributed by atoms with van der Waals surface area (Å²) >= 11 is 5.84. The van der Waals surface area contributed by atoms with E-state index in [1.165, 1.54) is 6.92 Å².